The molecule has 0 radical (unpaired) electrons. The summed E-state index contributed by atoms with van der Waals surface area (Å²) in [6.45, 7) is 9.89. The quantitative estimate of drug-likeness (QED) is 0.615. The summed E-state index contributed by atoms with van der Waals surface area (Å²) >= 11 is 1.71. The number of hydrogen-bond donors (Lipinski definition) is 1. The van der Waals surface area contributed by atoms with Crippen LogP contribution >= 0.6 is 11.3 Å². The molecular weight excluding hydrogens is 166 g/mol. The minimum atomic E-state index is 0.583. The maximum atomic E-state index is 7.75. The molecule has 0 bridgehead atoms. The predicted octanol–water partition coefficient (Wildman–Crippen LogP) is 1.06. The van der Waals surface area contributed by atoms with E-state index in [1.54, 1.807) is 11.3 Å². The number of rotatable bonds is 0. The number of nitrogens with one attached hydrogen (secondary N) is 1. The van der Waals surface area contributed by atoms with E-state index in [-0.39, 0.29) is 0 Å². The first kappa shape index (κ1) is 9.20. The van der Waals surface area contributed by atoms with Crippen molar-refractivity contribution in [2.75, 3.05) is 0 Å². The summed E-state index contributed by atoms with van der Waals surface area (Å²) in [6, 6.07) is 0. The Morgan fingerprint density at radius 3 is 2.50 bits per heavy atom. The minimum Gasteiger partial charge on any atom is -0.300 e. The Bertz CT molecular complexity index is 454. The van der Waals surface area contributed by atoms with Crippen LogP contribution in [0.5, 0.6) is 0 Å². The van der Waals surface area contributed by atoms with Gasteiger partial charge in [0, 0.05) is 14.6 Å². The maximum Gasteiger partial charge on any atom is 0.0660 e. The SMILES string of the molecule is C=c1c(=N)c(C)c(C)s/c1=C/C. The molecule has 0 spiro atoms. The van der Waals surface area contributed by atoms with Gasteiger partial charge in [0.1, 0.15) is 0 Å². The molecule has 0 saturated heterocycles. The van der Waals surface area contributed by atoms with Gasteiger partial charge in [0.2, 0.25) is 0 Å². The molecule has 1 rings (SSSR count). The van der Waals surface area contributed by atoms with Crippen molar-refractivity contribution in [3.63, 3.8) is 0 Å². The van der Waals surface area contributed by atoms with Gasteiger partial charge < -0.3 is 0 Å². The van der Waals surface area contributed by atoms with E-state index >= 15 is 0 Å². The van der Waals surface area contributed by atoms with Gasteiger partial charge >= 0.3 is 0 Å². The third-order valence-electron chi connectivity index (χ3n) is 2.03. The predicted molar refractivity (Wildman–Crippen MR) is 54.6 cm³/mol. The average Bonchev–Trinajstić information content (AvgIpc) is 2.08. The Labute approximate surface area is 76.2 Å². The summed E-state index contributed by atoms with van der Waals surface area (Å²) in [5.41, 5.74) is 1.05. The number of hydrogen-bond acceptors (Lipinski definition) is 2. The first-order valence-corrected chi connectivity index (χ1v) is 4.69. The molecule has 0 aliphatic carbocycles. The topological polar surface area (TPSA) is 23.9 Å². The largest absolute Gasteiger partial charge is 0.300 e. The van der Waals surface area contributed by atoms with Gasteiger partial charge in [-0.05, 0) is 26.3 Å². The van der Waals surface area contributed by atoms with Gasteiger partial charge in [-0.15, -0.1) is 11.3 Å². The van der Waals surface area contributed by atoms with Crippen LogP contribution in [0.15, 0.2) is 0 Å². The summed E-state index contributed by atoms with van der Waals surface area (Å²) in [5, 5.41) is 9.19. The van der Waals surface area contributed by atoms with Crippen molar-refractivity contribution in [1.29, 1.82) is 5.41 Å². The molecule has 0 saturated carbocycles. The monoisotopic (exact) mass is 179 g/mol. The molecular formula is C10H13NS. The average molecular weight is 179 g/mol. The van der Waals surface area contributed by atoms with Crippen LogP contribution in [0.2, 0.25) is 0 Å². The third-order valence-corrected chi connectivity index (χ3v) is 3.34. The van der Waals surface area contributed by atoms with Gasteiger partial charge in [0.15, 0.2) is 0 Å². The Morgan fingerprint density at radius 1 is 1.42 bits per heavy atom. The van der Waals surface area contributed by atoms with E-state index in [4.69, 9.17) is 5.41 Å². The summed E-state index contributed by atoms with van der Waals surface area (Å²) < 4.78 is 1.11. The second kappa shape index (κ2) is 3.23. The van der Waals surface area contributed by atoms with E-state index in [1.165, 1.54) is 4.88 Å². The van der Waals surface area contributed by atoms with Crippen molar-refractivity contribution in [2.45, 2.75) is 20.8 Å². The molecule has 1 aromatic heterocycles. The van der Waals surface area contributed by atoms with Crippen molar-refractivity contribution in [2.24, 2.45) is 0 Å². The fourth-order valence-corrected chi connectivity index (χ4v) is 1.99. The van der Waals surface area contributed by atoms with E-state index in [2.05, 4.69) is 6.58 Å². The fraction of sp³-hybridized carbons (Fsp3) is 0.300. The van der Waals surface area contributed by atoms with E-state index in [1.807, 2.05) is 26.8 Å². The molecule has 1 aromatic rings. The lowest BCUT2D eigenvalue weighted by Gasteiger charge is -1.98. The first-order chi connectivity index (χ1) is 5.57. The van der Waals surface area contributed by atoms with E-state index in [9.17, 15) is 0 Å². The van der Waals surface area contributed by atoms with E-state index in [0.29, 0.717) is 5.36 Å². The van der Waals surface area contributed by atoms with Gasteiger partial charge in [0.25, 0.3) is 0 Å². The molecule has 0 fully saturated rings. The van der Waals surface area contributed by atoms with Crippen molar-refractivity contribution >= 4 is 24.0 Å². The zero-order valence-electron chi connectivity index (χ0n) is 7.69. The zero-order valence-corrected chi connectivity index (χ0v) is 8.51. The van der Waals surface area contributed by atoms with Gasteiger partial charge in [-0.3, -0.25) is 5.41 Å². The van der Waals surface area contributed by atoms with Gasteiger partial charge in [0.05, 0.1) is 5.36 Å². The van der Waals surface area contributed by atoms with Gasteiger partial charge in [-0.2, -0.15) is 0 Å². The standard InChI is InChI=1S/C10H13NS/c1-5-9-7(3)10(11)6(2)8(4)12-9/h5,11H,3H2,1-2,4H3/b9-5+,11-10?. The molecule has 12 heavy (non-hydrogen) atoms. The molecule has 1 heterocycles. The zero-order chi connectivity index (χ0) is 9.30. The normalized spacial score (nSPS) is 12.1. The van der Waals surface area contributed by atoms with Crippen molar-refractivity contribution < 1.29 is 0 Å². The summed E-state index contributed by atoms with van der Waals surface area (Å²) in [6.07, 6.45) is 2.01. The fourth-order valence-electron chi connectivity index (χ4n) is 1.06. The molecule has 0 unspecified atom stereocenters. The van der Waals surface area contributed by atoms with Crippen molar-refractivity contribution in [1.82, 2.24) is 0 Å². The van der Waals surface area contributed by atoms with Crippen LogP contribution in [0, 0.1) is 19.3 Å². The molecule has 0 aliphatic heterocycles. The molecule has 0 amide bonds. The maximum absolute atomic E-state index is 7.75. The smallest absolute Gasteiger partial charge is 0.0660 e. The molecule has 0 aromatic carbocycles. The second-order valence-corrected chi connectivity index (χ2v) is 4.05. The lowest BCUT2D eigenvalue weighted by Crippen LogP contribution is -2.37. The van der Waals surface area contributed by atoms with Crippen LogP contribution in [0.1, 0.15) is 17.4 Å². The highest BCUT2D eigenvalue weighted by Crippen LogP contribution is 1.99. The van der Waals surface area contributed by atoms with Crippen molar-refractivity contribution in [3.8, 4) is 0 Å². The lowest BCUT2D eigenvalue weighted by atomic mass is 10.2. The Kier molecular flexibility index (Phi) is 2.48. The molecule has 1 nitrogen and oxygen atoms in total. The highest BCUT2D eigenvalue weighted by atomic mass is 32.1. The number of aryl methyl sites for hydroxylation is 1. The second-order valence-electron chi connectivity index (χ2n) is 2.79. The summed E-state index contributed by atoms with van der Waals surface area (Å²) in [5.74, 6) is 0. The Hall–Kier alpha value is -0.890. The first-order valence-electron chi connectivity index (χ1n) is 3.88. The highest BCUT2D eigenvalue weighted by Gasteiger charge is 1.96. The third kappa shape index (κ3) is 1.34. The Balaban J connectivity index is 3.88. The molecule has 0 atom stereocenters. The van der Waals surface area contributed by atoms with E-state index in [0.717, 1.165) is 15.3 Å². The molecule has 2 heteroatoms. The van der Waals surface area contributed by atoms with Crippen LogP contribution < -0.4 is 15.1 Å². The lowest BCUT2D eigenvalue weighted by molar-refractivity contribution is 1.17. The van der Waals surface area contributed by atoms with Crippen LogP contribution in [0.25, 0.3) is 12.7 Å². The minimum absolute atomic E-state index is 0.583. The molecule has 0 aliphatic rings. The van der Waals surface area contributed by atoms with Crippen LogP contribution in [-0.2, 0) is 0 Å². The van der Waals surface area contributed by atoms with Gasteiger partial charge in [-0.1, -0.05) is 12.7 Å². The van der Waals surface area contributed by atoms with E-state index < -0.39 is 0 Å². The highest BCUT2D eigenvalue weighted by molar-refractivity contribution is 7.09. The summed E-state index contributed by atoms with van der Waals surface area (Å²) in [4.78, 5) is 1.21. The van der Waals surface area contributed by atoms with Crippen molar-refractivity contribution in [3.05, 3.63) is 25.5 Å². The van der Waals surface area contributed by atoms with Crippen LogP contribution in [0.4, 0.5) is 0 Å². The van der Waals surface area contributed by atoms with Crippen LogP contribution in [-0.4, -0.2) is 0 Å². The van der Waals surface area contributed by atoms with Crippen LogP contribution in [0.3, 0.4) is 0 Å². The summed E-state index contributed by atoms with van der Waals surface area (Å²) in [7, 11) is 0. The Morgan fingerprint density at radius 2 is 2.00 bits per heavy atom. The molecule has 1 N–H and O–H groups in total. The van der Waals surface area contributed by atoms with Gasteiger partial charge in [-0.25, -0.2) is 0 Å². The molecule has 64 valence electrons.